The van der Waals surface area contributed by atoms with Crippen LogP contribution in [0.2, 0.25) is 0 Å². The number of hydrogen-bond acceptors (Lipinski definition) is 1. The van der Waals surface area contributed by atoms with Crippen molar-refractivity contribution in [2.24, 2.45) is 5.41 Å². The highest BCUT2D eigenvalue weighted by molar-refractivity contribution is 6.51. The van der Waals surface area contributed by atoms with E-state index in [1.807, 2.05) is 19.1 Å². The van der Waals surface area contributed by atoms with Crippen LogP contribution in [0.15, 0.2) is 24.3 Å². The number of rotatable bonds is 0. The molecule has 11 heavy (non-hydrogen) atoms. The van der Waals surface area contributed by atoms with Crippen LogP contribution in [0.5, 0.6) is 0 Å². The molecule has 0 radical (unpaired) electrons. The van der Waals surface area contributed by atoms with Crippen LogP contribution >= 0.6 is 23.2 Å². The first kappa shape index (κ1) is 7.66. The summed E-state index contributed by atoms with van der Waals surface area (Å²) in [7, 11) is 0. The van der Waals surface area contributed by atoms with Gasteiger partial charge in [0.1, 0.15) is 5.60 Å². The Hall–Kier alpha value is 0.0200. The van der Waals surface area contributed by atoms with E-state index in [1.165, 1.54) is 0 Å². The zero-order chi connectivity index (χ0) is 8.33. The highest BCUT2D eigenvalue weighted by atomic mass is 35.5. The Morgan fingerprint density at radius 1 is 1.09 bits per heavy atom. The van der Waals surface area contributed by atoms with Crippen LogP contribution in [0, 0.1) is 5.41 Å². The molecule has 2 bridgehead atoms. The first-order valence-corrected chi connectivity index (χ1v) is 4.18. The summed E-state index contributed by atoms with van der Waals surface area (Å²) in [6, 6.07) is 0. The number of aliphatic hydroxyl groups is 1. The second-order valence-corrected chi connectivity index (χ2v) is 4.68. The van der Waals surface area contributed by atoms with Crippen LogP contribution in [0.4, 0.5) is 0 Å². The molecule has 0 unspecified atom stereocenters. The number of allylic oxidation sites excluding steroid dienone is 2. The highest BCUT2D eigenvalue weighted by Gasteiger charge is 2.63. The van der Waals surface area contributed by atoms with Crippen molar-refractivity contribution < 1.29 is 5.11 Å². The van der Waals surface area contributed by atoms with Crippen molar-refractivity contribution in [3.05, 3.63) is 24.3 Å². The third-order valence-electron chi connectivity index (χ3n) is 2.55. The van der Waals surface area contributed by atoms with E-state index >= 15 is 0 Å². The largest absolute Gasteiger partial charge is 0.378 e. The summed E-state index contributed by atoms with van der Waals surface area (Å²) >= 11 is 12.0. The first-order chi connectivity index (χ1) is 4.91. The number of fused-ring (bicyclic) bond motifs is 2. The predicted octanol–water partition coefficient (Wildman–Crippen LogP) is 2.04. The van der Waals surface area contributed by atoms with E-state index in [-0.39, 0.29) is 0 Å². The monoisotopic (exact) mass is 190 g/mol. The Morgan fingerprint density at radius 3 is 1.64 bits per heavy atom. The number of alkyl halides is 2. The molecule has 1 nitrogen and oxygen atoms in total. The van der Waals surface area contributed by atoms with Gasteiger partial charge in [0.25, 0.3) is 0 Å². The maximum Gasteiger partial charge on any atom is 0.166 e. The molecule has 3 heteroatoms. The maximum atomic E-state index is 9.80. The highest BCUT2D eigenvalue weighted by Crippen LogP contribution is 2.60. The number of hydrogen-bond donors (Lipinski definition) is 1. The molecule has 0 saturated heterocycles. The van der Waals surface area contributed by atoms with Crippen LogP contribution in [0.25, 0.3) is 0 Å². The SMILES string of the molecule is CC12C=CC(O)(C=C1)C2(Cl)Cl. The quantitative estimate of drug-likeness (QED) is 0.458. The molecule has 1 N–H and O–H groups in total. The summed E-state index contributed by atoms with van der Waals surface area (Å²) < 4.78 is -1.12. The van der Waals surface area contributed by atoms with Crippen LogP contribution in [0.1, 0.15) is 6.92 Å². The molecule has 60 valence electrons. The third kappa shape index (κ3) is 0.629. The Bertz CT molecular complexity index is 227. The molecular formula is C8H8Cl2O. The summed E-state index contributed by atoms with van der Waals surface area (Å²) in [5.74, 6) is 0. The van der Waals surface area contributed by atoms with E-state index in [1.54, 1.807) is 12.2 Å². The second kappa shape index (κ2) is 1.68. The van der Waals surface area contributed by atoms with E-state index in [9.17, 15) is 5.11 Å². The molecular weight excluding hydrogens is 183 g/mol. The van der Waals surface area contributed by atoms with Gasteiger partial charge in [-0.05, 0) is 19.1 Å². The van der Waals surface area contributed by atoms with E-state index in [4.69, 9.17) is 23.2 Å². The van der Waals surface area contributed by atoms with Crippen LogP contribution in [-0.4, -0.2) is 15.0 Å². The lowest BCUT2D eigenvalue weighted by Gasteiger charge is -2.32. The minimum Gasteiger partial charge on any atom is -0.378 e. The average Bonchev–Trinajstić information content (AvgIpc) is 2.19. The van der Waals surface area contributed by atoms with Gasteiger partial charge in [0, 0.05) is 5.41 Å². The molecule has 0 aliphatic heterocycles. The van der Waals surface area contributed by atoms with Gasteiger partial charge in [-0.2, -0.15) is 0 Å². The van der Waals surface area contributed by atoms with Gasteiger partial charge in [0.05, 0.1) is 0 Å². The Kier molecular flexibility index (Phi) is 1.17. The van der Waals surface area contributed by atoms with Crippen LogP contribution < -0.4 is 0 Å². The topological polar surface area (TPSA) is 20.2 Å². The molecule has 2 aliphatic carbocycles. The van der Waals surface area contributed by atoms with Crippen LogP contribution in [-0.2, 0) is 0 Å². The van der Waals surface area contributed by atoms with Crippen molar-refractivity contribution in [2.75, 3.05) is 0 Å². The third-order valence-corrected chi connectivity index (χ3v) is 3.97. The predicted molar refractivity (Wildman–Crippen MR) is 45.8 cm³/mol. The maximum absolute atomic E-state index is 9.80. The molecule has 0 aromatic heterocycles. The minimum atomic E-state index is -1.16. The lowest BCUT2D eigenvalue weighted by atomic mass is 9.92. The summed E-state index contributed by atoms with van der Waals surface area (Å²) in [6.07, 6.45) is 6.97. The molecule has 0 aromatic rings. The first-order valence-electron chi connectivity index (χ1n) is 3.42. The molecule has 0 amide bonds. The average molecular weight is 191 g/mol. The summed E-state index contributed by atoms with van der Waals surface area (Å²) in [6.45, 7) is 1.89. The minimum absolute atomic E-state index is 0.412. The molecule has 0 fully saturated rings. The standard InChI is InChI=1S/C8H8Cl2O/c1-6-2-4-7(11,5-3-6)8(6,9)10/h2-5,11H,1H3. The van der Waals surface area contributed by atoms with Gasteiger partial charge >= 0.3 is 0 Å². The lowest BCUT2D eigenvalue weighted by Crippen LogP contribution is -2.43. The molecule has 0 spiro atoms. The van der Waals surface area contributed by atoms with E-state index in [2.05, 4.69) is 0 Å². The van der Waals surface area contributed by atoms with E-state index in [0.29, 0.717) is 0 Å². The van der Waals surface area contributed by atoms with Gasteiger partial charge in [-0.3, -0.25) is 0 Å². The van der Waals surface area contributed by atoms with Gasteiger partial charge in [-0.15, -0.1) is 0 Å². The van der Waals surface area contributed by atoms with Crippen molar-refractivity contribution in [3.63, 3.8) is 0 Å². The lowest BCUT2D eigenvalue weighted by molar-refractivity contribution is 0.125. The van der Waals surface area contributed by atoms with Crippen molar-refractivity contribution in [2.45, 2.75) is 16.9 Å². The van der Waals surface area contributed by atoms with Gasteiger partial charge in [-0.25, -0.2) is 0 Å². The van der Waals surface area contributed by atoms with Crippen molar-refractivity contribution >= 4 is 23.2 Å². The molecule has 0 heterocycles. The zero-order valence-electron chi connectivity index (χ0n) is 6.01. The van der Waals surface area contributed by atoms with Crippen molar-refractivity contribution in [1.29, 1.82) is 0 Å². The van der Waals surface area contributed by atoms with Gasteiger partial charge in [-0.1, -0.05) is 35.4 Å². The molecule has 0 aromatic carbocycles. The fourth-order valence-corrected chi connectivity index (χ4v) is 2.07. The Morgan fingerprint density at radius 2 is 1.55 bits per heavy atom. The fourth-order valence-electron chi connectivity index (χ4n) is 1.56. The number of halogens is 2. The fraction of sp³-hybridized carbons (Fsp3) is 0.500. The van der Waals surface area contributed by atoms with E-state index in [0.717, 1.165) is 0 Å². The Labute approximate surface area is 75.3 Å². The molecule has 0 saturated carbocycles. The second-order valence-electron chi connectivity index (χ2n) is 3.35. The van der Waals surface area contributed by atoms with Crippen molar-refractivity contribution in [1.82, 2.24) is 0 Å². The smallest absolute Gasteiger partial charge is 0.166 e. The van der Waals surface area contributed by atoms with Crippen molar-refractivity contribution in [3.8, 4) is 0 Å². The molecule has 2 aliphatic rings. The summed E-state index contributed by atoms with van der Waals surface area (Å²) in [5, 5.41) is 9.80. The van der Waals surface area contributed by atoms with Crippen LogP contribution in [0.3, 0.4) is 0 Å². The van der Waals surface area contributed by atoms with E-state index < -0.39 is 15.3 Å². The normalized spacial score (nSPS) is 50.5. The van der Waals surface area contributed by atoms with Gasteiger partial charge in [0.15, 0.2) is 4.33 Å². The summed E-state index contributed by atoms with van der Waals surface area (Å²) in [4.78, 5) is 0. The van der Waals surface area contributed by atoms with Gasteiger partial charge < -0.3 is 5.11 Å². The summed E-state index contributed by atoms with van der Waals surface area (Å²) in [5.41, 5.74) is -1.57. The molecule has 2 rings (SSSR count). The zero-order valence-corrected chi connectivity index (χ0v) is 7.52. The molecule has 0 atom stereocenters. The Balaban J connectivity index is 2.59. The van der Waals surface area contributed by atoms with Gasteiger partial charge in [0.2, 0.25) is 0 Å².